The van der Waals surface area contributed by atoms with Gasteiger partial charge in [-0.05, 0) is 12.1 Å². The lowest BCUT2D eigenvalue weighted by atomic mass is 10.2. The maximum absolute atomic E-state index is 6.10. The van der Waals surface area contributed by atoms with E-state index >= 15 is 0 Å². The van der Waals surface area contributed by atoms with Gasteiger partial charge in [-0.1, -0.05) is 12.1 Å². The lowest BCUT2D eigenvalue weighted by Crippen LogP contribution is -2.44. The molecule has 1 saturated heterocycles. The van der Waals surface area contributed by atoms with Crippen LogP contribution >= 0.6 is 0 Å². The highest BCUT2D eigenvalue weighted by Crippen LogP contribution is 2.34. The minimum atomic E-state index is 0.689. The smallest absolute Gasteiger partial charge is 0.226 e. The highest BCUT2D eigenvalue weighted by atomic mass is 16.3. The third-order valence-corrected chi connectivity index (χ3v) is 4.64. The quantitative estimate of drug-likeness (QED) is 0.606. The third-order valence-electron chi connectivity index (χ3n) is 4.64. The van der Waals surface area contributed by atoms with Crippen LogP contribution < -0.4 is 10.2 Å². The van der Waals surface area contributed by atoms with Crippen LogP contribution in [0.15, 0.2) is 41.1 Å². The first-order valence-corrected chi connectivity index (χ1v) is 8.44. The second-order valence-electron chi connectivity index (χ2n) is 6.25. The molecule has 5 rings (SSSR count). The Balaban J connectivity index is 1.81. The fraction of sp³-hybridized carbons (Fsp3) is 0.278. The molecule has 7 nitrogen and oxygen atoms in total. The summed E-state index contributed by atoms with van der Waals surface area (Å²) in [6.07, 6.45) is 3.69. The van der Waals surface area contributed by atoms with Crippen LogP contribution in [-0.2, 0) is 7.05 Å². The Morgan fingerprint density at radius 3 is 2.76 bits per heavy atom. The van der Waals surface area contributed by atoms with Crippen LogP contribution in [0.2, 0.25) is 0 Å². The SMILES string of the molecule is Cn1ccnc1-c1nc(N2CCNCC2)nc2c1oc1ccccc12. The van der Waals surface area contributed by atoms with Gasteiger partial charge in [0.05, 0.1) is 0 Å². The number of nitrogens with zero attached hydrogens (tertiary/aromatic N) is 5. The molecule has 1 aromatic carbocycles. The predicted octanol–water partition coefficient (Wildman–Crippen LogP) is 2.19. The van der Waals surface area contributed by atoms with Gasteiger partial charge in [-0.3, -0.25) is 0 Å². The number of para-hydroxylation sites is 1. The number of furan rings is 1. The summed E-state index contributed by atoms with van der Waals surface area (Å²) in [5.41, 5.74) is 3.09. The van der Waals surface area contributed by atoms with Gasteiger partial charge in [0.1, 0.15) is 11.1 Å². The topological polar surface area (TPSA) is 72.0 Å². The van der Waals surface area contributed by atoms with Crippen molar-refractivity contribution in [3.05, 3.63) is 36.7 Å². The first-order chi connectivity index (χ1) is 12.3. The van der Waals surface area contributed by atoms with Gasteiger partial charge >= 0.3 is 0 Å². The molecule has 0 atom stereocenters. The molecule has 1 fully saturated rings. The van der Waals surface area contributed by atoms with Crippen LogP contribution in [0.4, 0.5) is 5.95 Å². The zero-order valence-electron chi connectivity index (χ0n) is 13.9. The van der Waals surface area contributed by atoms with Gasteiger partial charge in [0.2, 0.25) is 5.95 Å². The van der Waals surface area contributed by atoms with Crippen LogP contribution in [0.5, 0.6) is 0 Å². The largest absolute Gasteiger partial charge is 0.452 e. The summed E-state index contributed by atoms with van der Waals surface area (Å²) in [6, 6.07) is 7.97. The Hall–Kier alpha value is -2.93. The summed E-state index contributed by atoms with van der Waals surface area (Å²) >= 11 is 0. The van der Waals surface area contributed by atoms with Gasteiger partial charge in [0.25, 0.3) is 0 Å². The lowest BCUT2D eigenvalue weighted by Gasteiger charge is -2.27. The van der Waals surface area contributed by atoms with E-state index < -0.39 is 0 Å². The molecule has 1 aliphatic rings. The van der Waals surface area contributed by atoms with Crippen molar-refractivity contribution in [2.45, 2.75) is 0 Å². The van der Waals surface area contributed by atoms with Crippen molar-refractivity contribution < 1.29 is 4.42 Å². The van der Waals surface area contributed by atoms with Crippen molar-refractivity contribution in [1.29, 1.82) is 0 Å². The number of nitrogens with one attached hydrogen (secondary N) is 1. The number of piperazine rings is 1. The van der Waals surface area contributed by atoms with Crippen molar-refractivity contribution in [2.24, 2.45) is 7.05 Å². The van der Waals surface area contributed by atoms with Crippen molar-refractivity contribution in [3.63, 3.8) is 0 Å². The summed E-state index contributed by atoms with van der Waals surface area (Å²) in [5.74, 6) is 1.52. The molecule has 1 N–H and O–H groups in total. The average Bonchev–Trinajstić information content (AvgIpc) is 3.25. The van der Waals surface area contributed by atoms with Crippen LogP contribution in [-0.4, -0.2) is 45.7 Å². The van der Waals surface area contributed by atoms with E-state index in [1.165, 1.54) is 0 Å². The Morgan fingerprint density at radius 2 is 1.96 bits per heavy atom. The molecule has 4 aromatic rings. The molecule has 4 heterocycles. The molecule has 7 heteroatoms. The second kappa shape index (κ2) is 5.56. The molecule has 0 amide bonds. The predicted molar refractivity (Wildman–Crippen MR) is 96.6 cm³/mol. The second-order valence-corrected chi connectivity index (χ2v) is 6.25. The number of hydrogen-bond donors (Lipinski definition) is 1. The van der Waals surface area contributed by atoms with E-state index in [2.05, 4.69) is 15.2 Å². The first kappa shape index (κ1) is 14.4. The summed E-state index contributed by atoms with van der Waals surface area (Å²) in [6.45, 7) is 3.65. The molecule has 0 unspecified atom stereocenters. The van der Waals surface area contributed by atoms with Crippen molar-refractivity contribution in [3.8, 4) is 11.5 Å². The highest BCUT2D eigenvalue weighted by Gasteiger charge is 2.22. The van der Waals surface area contributed by atoms with E-state index in [9.17, 15) is 0 Å². The van der Waals surface area contributed by atoms with Gasteiger partial charge in [-0.25, -0.2) is 15.0 Å². The Morgan fingerprint density at radius 1 is 1.12 bits per heavy atom. The molecular formula is C18H18N6O. The van der Waals surface area contributed by atoms with Crippen molar-refractivity contribution in [1.82, 2.24) is 24.8 Å². The van der Waals surface area contributed by atoms with E-state index in [1.54, 1.807) is 6.20 Å². The third kappa shape index (κ3) is 2.27. The number of aryl methyl sites for hydroxylation is 1. The fourth-order valence-corrected chi connectivity index (χ4v) is 3.33. The molecule has 25 heavy (non-hydrogen) atoms. The number of rotatable bonds is 2. The standard InChI is InChI=1S/C18H18N6O/c1-23-9-8-20-17(23)15-16-14(12-4-2-3-5-13(12)25-16)21-18(22-15)24-10-6-19-7-11-24/h2-5,8-9,19H,6-7,10-11H2,1H3. The molecule has 0 radical (unpaired) electrons. The van der Waals surface area contributed by atoms with Crippen LogP contribution in [0.3, 0.4) is 0 Å². The summed E-state index contributed by atoms with van der Waals surface area (Å²) in [4.78, 5) is 16.4. The highest BCUT2D eigenvalue weighted by molar-refractivity contribution is 6.06. The van der Waals surface area contributed by atoms with E-state index in [0.717, 1.165) is 60.1 Å². The van der Waals surface area contributed by atoms with E-state index in [1.807, 2.05) is 42.1 Å². The summed E-state index contributed by atoms with van der Waals surface area (Å²) in [5, 5.41) is 4.37. The molecule has 1 aliphatic heterocycles. The summed E-state index contributed by atoms with van der Waals surface area (Å²) < 4.78 is 8.05. The Bertz CT molecular complexity index is 1060. The maximum atomic E-state index is 6.10. The van der Waals surface area contributed by atoms with Gasteiger partial charge in [0.15, 0.2) is 17.1 Å². The minimum Gasteiger partial charge on any atom is -0.452 e. The normalized spacial score (nSPS) is 15.3. The number of aromatic nitrogens is 4. The minimum absolute atomic E-state index is 0.689. The molecule has 3 aromatic heterocycles. The number of anilines is 1. The number of fused-ring (bicyclic) bond motifs is 3. The lowest BCUT2D eigenvalue weighted by molar-refractivity contribution is 0.580. The molecule has 126 valence electrons. The molecular weight excluding hydrogens is 316 g/mol. The molecule has 0 bridgehead atoms. The number of hydrogen-bond acceptors (Lipinski definition) is 6. The maximum Gasteiger partial charge on any atom is 0.226 e. The molecule has 0 spiro atoms. The number of imidazole rings is 1. The average molecular weight is 334 g/mol. The summed E-state index contributed by atoms with van der Waals surface area (Å²) in [7, 11) is 1.96. The zero-order valence-corrected chi connectivity index (χ0v) is 13.9. The van der Waals surface area contributed by atoms with Crippen molar-refractivity contribution in [2.75, 3.05) is 31.1 Å². The van der Waals surface area contributed by atoms with Gasteiger partial charge in [-0.2, -0.15) is 0 Å². The van der Waals surface area contributed by atoms with Crippen molar-refractivity contribution >= 4 is 28.0 Å². The van der Waals surface area contributed by atoms with Gasteiger partial charge in [0, 0.05) is 51.0 Å². The van der Waals surface area contributed by atoms with E-state index in [-0.39, 0.29) is 0 Å². The zero-order chi connectivity index (χ0) is 16.8. The van der Waals surface area contributed by atoms with Crippen LogP contribution in [0, 0.1) is 0 Å². The van der Waals surface area contributed by atoms with E-state index in [0.29, 0.717) is 5.58 Å². The first-order valence-electron chi connectivity index (χ1n) is 8.44. The number of benzene rings is 1. The van der Waals surface area contributed by atoms with Gasteiger partial charge < -0.3 is 19.2 Å². The monoisotopic (exact) mass is 334 g/mol. The van der Waals surface area contributed by atoms with Crippen LogP contribution in [0.1, 0.15) is 0 Å². The fourth-order valence-electron chi connectivity index (χ4n) is 3.33. The van der Waals surface area contributed by atoms with E-state index in [4.69, 9.17) is 14.4 Å². The van der Waals surface area contributed by atoms with Gasteiger partial charge in [-0.15, -0.1) is 0 Å². The Labute approximate surface area is 144 Å². The van der Waals surface area contributed by atoms with Crippen LogP contribution in [0.25, 0.3) is 33.6 Å². The molecule has 0 aliphatic carbocycles. The Kier molecular flexibility index (Phi) is 3.21. The molecule has 0 saturated carbocycles.